The van der Waals surface area contributed by atoms with Gasteiger partial charge < -0.3 is 14.4 Å². The lowest BCUT2D eigenvalue weighted by molar-refractivity contribution is 0.156. The van der Waals surface area contributed by atoms with Crippen LogP contribution in [-0.4, -0.2) is 67.1 Å². The van der Waals surface area contributed by atoms with Crippen LogP contribution in [0.25, 0.3) is 0 Å². The molecule has 0 saturated heterocycles. The van der Waals surface area contributed by atoms with E-state index >= 15 is 0 Å². The lowest BCUT2D eigenvalue weighted by Crippen LogP contribution is -2.29. The van der Waals surface area contributed by atoms with Gasteiger partial charge in [-0.2, -0.15) is 5.10 Å². The fourth-order valence-electron chi connectivity index (χ4n) is 3.08. The summed E-state index contributed by atoms with van der Waals surface area (Å²) >= 11 is 1.21. The molecule has 170 valence electrons. The minimum atomic E-state index is -0.496. The van der Waals surface area contributed by atoms with Crippen LogP contribution in [0.1, 0.15) is 17.5 Å². The molecule has 8 nitrogen and oxygen atoms in total. The number of methoxy groups -OCH3 is 1. The zero-order valence-electron chi connectivity index (χ0n) is 18.5. The summed E-state index contributed by atoms with van der Waals surface area (Å²) in [6.07, 6.45) is 0.270. The van der Waals surface area contributed by atoms with Gasteiger partial charge >= 0.3 is 11.3 Å². The van der Waals surface area contributed by atoms with Crippen molar-refractivity contribution in [1.29, 1.82) is 0 Å². The van der Waals surface area contributed by atoms with Crippen molar-refractivity contribution in [2.24, 2.45) is 5.10 Å². The summed E-state index contributed by atoms with van der Waals surface area (Å²) in [5, 5.41) is 8.63. The molecule has 2 aromatic carbocycles. The minimum Gasteiger partial charge on any atom is -0.497 e. The molecule has 3 rings (SSSR count). The summed E-state index contributed by atoms with van der Waals surface area (Å²) in [7, 11) is 5.56. The highest BCUT2D eigenvalue weighted by molar-refractivity contribution is 8.14. The smallest absolute Gasteiger partial charge is 0.411 e. The van der Waals surface area contributed by atoms with Gasteiger partial charge in [-0.3, -0.25) is 10.1 Å². The summed E-state index contributed by atoms with van der Waals surface area (Å²) in [6.45, 7) is 1.50. The Morgan fingerprint density at radius 1 is 1.22 bits per heavy atom. The SMILES string of the molecule is COc1cccc(C2=NN(Cc3cccc(NC(=O)OCCCN(C)C)c3)C(=O)SC2)c1. The maximum Gasteiger partial charge on any atom is 0.411 e. The van der Waals surface area contributed by atoms with E-state index < -0.39 is 6.09 Å². The number of nitrogens with one attached hydrogen (secondary N) is 1. The molecule has 0 fully saturated rings. The lowest BCUT2D eigenvalue weighted by Gasteiger charge is -2.23. The second-order valence-electron chi connectivity index (χ2n) is 7.51. The summed E-state index contributed by atoms with van der Waals surface area (Å²) in [5.74, 6) is 1.25. The van der Waals surface area contributed by atoms with E-state index in [2.05, 4.69) is 10.4 Å². The van der Waals surface area contributed by atoms with Crippen LogP contribution in [0.5, 0.6) is 5.75 Å². The molecule has 1 N–H and O–H groups in total. The molecule has 0 aromatic heterocycles. The van der Waals surface area contributed by atoms with Crippen molar-refractivity contribution in [2.75, 3.05) is 45.4 Å². The number of ether oxygens (including phenoxy) is 2. The maximum absolute atomic E-state index is 12.4. The third-order valence-corrected chi connectivity index (χ3v) is 5.55. The molecule has 0 aliphatic carbocycles. The van der Waals surface area contributed by atoms with Crippen LogP contribution in [0, 0.1) is 0 Å². The molecule has 0 spiro atoms. The van der Waals surface area contributed by atoms with E-state index in [4.69, 9.17) is 9.47 Å². The zero-order chi connectivity index (χ0) is 22.9. The molecule has 2 aromatic rings. The largest absolute Gasteiger partial charge is 0.497 e. The summed E-state index contributed by atoms with van der Waals surface area (Å²) < 4.78 is 10.5. The average molecular weight is 457 g/mol. The standard InChI is InChI=1S/C23H28N4O4S/c1-26(2)11-6-12-31-22(28)24-19-9-4-7-17(13-19)15-27-23(29)32-16-21(25-27)18-8-5-10-20(14-18)30-3/h4-5,7-10,13-14H,6,11-12,15-16H2,1-3H3,(H,24,28). The number of rotatable bonds is 9. The first-order valence-electron chi connectivity index (χ1n) is 10.3. The third kappa shape index (κ3) is 7.00. The van der Waals surface area contributed by atoms with Gasteiger partial charge in [-0.25, -0.2) is 9.80 Å². The maximum atomic E-state index is 12.4. The normalized spacial score (nSPS) is 13.7. The fraction of sp³-hybridized carbons (Fsp3) is 0.348. The van der Waals surface area contributed by atoms with Gasteiger partial charge in [-0.1, -0.05) is 36.0 Å². The predicted molar refractivity (Wildman–Crippen MR) is 128 cm³/mol. The molecule has 1 aliphatic heterocycles. The number of hydrogen-bond donors (Lipinski definition) is 1. The van der Waals surface area contributed by atoms with Crippen LogP contribution in [0.2, 0.25) is 0 Å². The highest BCUT2D eigenvalue weighted by Crippen LogP contribution is 2.24. The Morgan fingerprint density at radius 2 is 2.03 bits per heavy atom. The van der Waals surface area contributed by atoms with Gasteiger partial charge in [0.25, 0.3) is 0 Å². The fourth-order valence-corrected chi connectivity index (χ4v) is 3.82. The van der Waals surface area contributed by atoms with Crippen LogP contribution in [0.4, 0.5) is 15.3 Å². The van der Waals surface area contributed by atoms with E-state index in [1.54, 1.807) is 13.2 Å². The summed E-state index contributed by atoms with van der Waals surface area (Å²) in [5.41, 5.74) is 3.18. The molecular formula is C23H28N4O4S. The molecule has 0 atom stereocenters. The van der Waals surface area contributed by atoms with Gasteiger partial charge in [-0.15, -0.1) is 0 Å². The molecule has 0 radical (unpaired) electrons. The molecule has 1 aliphatic rings. The second kappa shape index (κ2) is 11.5. The first-order chi connectivity index (χ1) is 15.4. The Bertz CT molecular complexity index is 980. The molecule has 9 heteroatoms. The highest BCUT2D eigenvalue weighted by Gasteiger charge is 2.22. The van der Waals surface area contributed by atoms with Crippen LogP contribution in [0.15, 0.2) is 53.6 Å². The van der Waals surface area contributed by atoms with Gasteiger partial charge in [0.15, 0.2) is 0 Å². The van der Waals surface area contributed by atoms with Crippen molar-refractivity contribution in [1.82, 2.24) is 9.91 Å². The van der Waals surface area contributed by atoms with Gasteiger partial charge in [0.2, 0.25) is 0 Å². The van der Waals surface area contributed by atoms with E-state index in [1.165, 1.54) is 16.8 Å². The van der Waals surface area contributed by atoms with Crippen molar-refractivity contribution in [3.63, 3.8) is 0 Å². The number of nitrogens with zero attached hydrogens (tertiary/aromatic N) is 3. The van der Waals surface area contributed by atoms with E-state index in [0.717, 1.165) is 35.6 Å². The summed E-state index contributed by atoms with van der Waals surface area (Å²) in [4.78, 5) is 26.5. The Hall–Kier alpha value is -3.04. The summed E-state index contributed by atoms with van der Waals surface area (Å²) in [6, 6.07) is 14.9. The monoisotopic (exact) mass is 456 g/mol. The van der Waals surface area contributed by atoms with E-state index in [1.807, 2.05) is 61.5 Å². The van der Waals surface area contributed by atoms with E-state index in [9.17, 15) is 9.59 Å². The van der Waals surface area contributed by atoms with Gasteiger partial charge in [-0.05, 0) is 50.3 Å². The van der Waals surface area contributed by atoms with Crippen LogP contribution < -0.4 is 10.1 Å². The van der Waals surface area contributed by atoms with Gasteiger partial charge in [0, 0.05) is 23.5 Å². The average Bonchev–Trinajstić information content (AvgIpc) is 2.78. The lowest BCUT2D eigenvalue weighted by atomic mass is 10.1. The molecule has 1 heterocycles. The highest BCUT2D eigenvalue weighted by atomic mass is 32.2. The van der Waals surface area contributed by atoms with Gasteiger partial charge in [0.1, 0.15) is 5.75 Å². The van der Waals surface area contributed by atoms with Crippen molar-refractivity contribution in [3.8, 4) is 5.75 Å². The minimum absolute atomic E-state index is 0.115. The number of carbonyl (C=O) groups excluding carboxylic acids is 2. The zero-order valence-corrected chi connectivity index (χ0v) is 19.4. The Morgan fingerprint density at radius 3 is 2.81 bits per heavy atom. The quantitative estimate of drug-likeness (QED) is 0.568. The van der Waals surface area contributed by atoms with Crippen LogP contribution in [0.3, 0.4) is 0 Å². The Labute approximate surface area is 192 Å². The van der Waals surface area contributed by atoms with Crippen molar-refractivity contribution in [3.05, 3.63) is 59.7 Å². The number of benzene rings is 2. The molecule has 2 amide bonds. The number of amides is 2. The number of carbonyl (C=O) groups is 2. The number of hydrogen-bond acceptors (Lipinski definition) is 7. The number of thioether (sulfide) groups is 1. The number of hydrazone groups is 1. The van der Waals surface area contributed by atoms with Crippen molar-refractivity contribution < 1.29 is 19.1 Å². The van der Waals surface area contributed by atoms with Crippen molar-refractivity contribution >= 4 is 34.5 Å². The molecular weight excluding hydrogens is 428 g/mol. The van der Waals surface area contributed by atoms with E-state index in [-0.39, 0.29) is 5.24 Å². The Kier molecular flexibility index (Phi) is 8.52. The van der Waals surface area contributed by atoms with Gasteiger partial charge in [0.05, 0.1) is 26.0 Å². The topological polar surface area (TPSA) is 83.5 Å². The number of anilines is 1. The van der Waals surface area contributed by atoms with Crippen molar-refractivity contribution in [2.45, 2.75) is 13.0 Å². The van der Waals surface area contributed by atoms with Crippen LogP contribution >= 0.6 is 11.8 Å². The first kappa shape index (κ1) is 23.6. The molecule has 0 bridgehead atoms. The second-order valence-corrected chi connectivity index (χ2v) is 8.44. The third-order valence-electron chi connectivity index (χ3n) is 4.68. The molecule has 32 heavy (non-hydrogen) atoms. The first-order valence-corrected chi connectivity index (χ1v) is 11.3. The van der Waals surface area contributed by atoms with Crippen LogP contribution in [-0.2, 0) is 11.3 Å². The predicted octanol–water partition coefficient (Wildman–Crippen LogP) is 4.27. The molecule has 0 unspecified atom stereocenters. The van der Waals surface area contributed by atoms with E-state index in [0.29, 0.717) is 24.6 Å². The Balaban J connectivity index is 1.63. The molecule has 0 saturated carbocycles.